The van der Waals surface area contributed by atoms with Crippen molar-refractivity contribution >= 4 is 11.9 Å². The number of carbonyl (C=O) groups is 1. The first kappa shape index (κ1) is 13.0. The number of allylic oxidation sites excluding steroid dienone is 1. The Balaban J connectivity index is 2.16. The lowest BCUT2D eigenvalue weighted by Crippen LogP contribution is -2.42. The van der Waals surface area contributed by atoms with Crippen molar-refractivity contribution in [1.82, 2.24) is 4.90 Å². The average Bonchev–Trinajstić information content (AvgIpc) is 2.40. The molecule has 0 fully saturated rings. The van der Waals surface area contributed by atoms with E-state index in [0.717, 1.165) is 24.7 Å². The van der Waals surface area contributed by atoms with Crippen molar-refractivity contribution in [3.8, 4) is 0 Å². The quantitative estimate of drug-likeness (QED) is 0.758. The van der Waals surface area contributed by atoms with Gasteiger partial charge in [-0.2, -0.15) is 0 Å². The summed E-state index contributed by atoms with van der Waals surface area (Å²) in [5.74, 6) is 0. The predicted octanol–water partition coefficient (Wildman–Crippen LogP) is 3.39. The van der Waals surface area contributed by atoms with E-state index < -0.39 is 0 Å². The van der Waals surface area contributed by atoms with Gasteiger partial charge in [-0.3, -0.25) is 4.79 Å². The van der Waals surface area contributed by atoms with Crippen LogP contribution in [-0.4, -0.2) is 30.8 Å². The first-order valence-electron chi connectivity index (χ1n) is 6.47. The van der Waals surface area contributed by atoms with Crippen LogP contribution in [0, 0.1) is 0 Å². The van der Waals surface area contributed by atoms with Crippen LogP contribution in [0.1, 0.15) is 42.1 Å². The highest BCUT2D eigenvalue weighted by atomic mass is 16.1. The van der Waals surface area contributed by atoms with E-state index >= 15 is 0 Å². The SMILES string of the molecule is CN(C)C1(C)CC=C(c2ccc(C=O)cc2)CC1. The second-order valence-corrected chi connectivity index (χ2v) is 5.56. The number of aldehydes is 1. The summed E-state index contributed by atoms with van der Waals surface area (Å²) in [5, 5.41) is 0. The monoisotopic (exact) mass is 243 g/mol. The second-order valence-electron chi connectivity index (χ2n) is 5.56. The maximum absolute atomic E-state index is 10.6. The zero-order valence-corrected chi connectivity index (χ0v) is 11.4. The van der Waals surface area contributed by atoms with Crippen molar-refractivity contribution in [2.45, 2.75) is 31.7 Å². The Labute approximate surface area is 109 Å². The Morgan fingerprint density at radius 3 is 2.33 bits per heavy atom. The summed E-state index contributed by atoms with van der Waals surface area (Å²) < 4.78 is 0. The maximum Gasteiger partial charge on any atom is 0.150 e. The van der Waals surface area contributed by atoms with E-state index in [0.29, 0.717) is 0 Å². The first-order valence-corrected chi connectivity index (χ1v) is 6.47. The highest BCUT2D eigenvalue weighted by Crippen LogP contribution is 2.35. The molecule has 2 nitrogen and oxygen atoms in total. The van der Waals surface area contributed by atoms with Crippen molar-refractivity contribution in [3.63, 3.8) is 0 Å². The molecular weight excluding hydrogens is 222 g/mol. The lowest BCUT2D eigenvalue weighted by Gasteiger charge is -2.39. The molecule has 0 spiro atoms. The highest BCUT2D eigenvalue weighted by molar-refractivity contribution is 5.76. The van der Waals surface area contributed by atoms with Gasteiger partial charge in [-0.1, -0.05) is 30.3 Å². The first-order chi connectivity index (χ1) is 8.55. The highest BCUT2D eigenvalue weighted by Gasteiger charge is 2.28. The molecule has 0 amide bonds. The van der Waals surface area contributed by atoms with E-state index in [1.807, 2.05) is 24.3 Å². The van der Waals surface area contributed by atoms with Crippen LogP contribution < -0.4 is 0 Å². The molecule has 2 rings (SSSR count). The Morgan fingerprint density at radius 1 is 1.22 bits per heavy atom. The topological polar surface area (TPSA) is 20.3 Å². The number of benzene rings is 1. The van der Waals surface area contributed by atoms with E-state index in [9.17, 15) is 4.79 Å². The van der Waals surface area contributed by atoms with Crippen LogP contribution in [-0.2, 0) is 0 Å². The van der Waals surface area contributed by atoms with Gasteiger partial charge >= 0.3 is 0 Å². The zero-order chi connectivity index (χ0) is 13.2. The number of carbonyl (C=O) groups excluding carboxylic acids is 1. The van der Waals surface area contributed by atoms with Crippen LogP contribution in [0.2, 0.25) is 0 Å². The molecule has 1 aromatic rings. The van der Waals surface area contributed by atoms with Gasteiger partial charge in [-0.05, 0) is 51.4 Å². The molecule has 0 aromatic heterocycles. The molecule has 0 radical (unpaired) electrons. The summed E-state index contributed by atoms with van der Waals surface area (Å²) in [6, 6.07) is 7.88. The standard InChI is InChI=1S/C16H21NO/c1-16(17(2)3)10-8-15(9-11-16)14-6-4-13(12-18)5-7-14/h4-8,12H,9-11H2,1-3H3. The molecule has 18 heavy (non-hydrogen) atoms. The van der Waals surface area contributed by atoms with E-state index in [2.05, 4.69) is 32.0 Å². The van der Waals surface area contributed by atoms with E-state index in [1.54, 1.807) is 0 Å². The normalized spacial score (nSPS) is 23.9. The molecular formula is C16H21NO. The lowest BCUT2D eigenvalue weighted by atomic mass is 9.81. The van der Waals surface area contributed by atoms with Gasteiger partial charge in [-0.25, -0.2) is 0 Å². The summed E-state index contributed by atoms with van der Waals surface area (Å²) in [6.07, 6.45) is 6.61. The van der Waals surface area contributed by atoms with Crippen molar-refractivity contribution in [2.75, 3.05) is 14.1 Å². The second kappa shape index (κ2) is 5.07. The summed E-state index contributed by atoms with van der Waals surface area (Å²) in [4.78, 5) is 12.9. The van der Waals surface area contributed by atoms with Crippen LogP contribution >= 0.6 is 0 Å². The van der Waals surface area contributed by atoms with E-state index in [-0.39, 0.29) is 5.54 Å². The average molecular weight is 243 g/mol. The molecule has 0 bridgehead atoms. The van der Waals surface area contributed by atoms with E-state index in [1.165, 1.54) is 17.6 Å². The molecule has 0 heterocycles. The summed E-state index contributed by atoms with van der Waals surface area (Å²) in [5.41, 5.74) is 3.69. The molecule has 0 N–H and O–H groups in total. The van der Waals surface area contributed by atoms with Crippen LogP contribution in [0.5, 0.6) is 0 Å². The Morgan fingerprint density at radius 2 is 1.89 bits per heavy atom. The molecule has 0 saturated heterocycles. The molecule has 1 aliphatic carbocycles. The Hall–Kier alpha value is -1.41. The fourth-order valence-corrected chi connectivity index (χ4v) is 2.40. The van der Waals surface area contributed by atoms with Crippen molar-refractivity contribution in [3.05, 3.63) is 41.5 Å². The van der Waals surface area contributed by atoms with E-state index in [4.69, 9.17) is 0 Å². The molecule has 1 unspecified atom stereocenters. The zero-order valence-electron chi connectivity index (χ0n) is 11.4. The van der Waals surface area contributed by atoms with Gasteiger partial charge < -0.3 is 4.90 Å². The largest absolute Gasteiger partial charge is 0.304 e. The minimum atomic E-state index is 0.284. The lowest BCUT2D eigenvalue weighted by molar-refractivity contribution is 0.112. The van der Waals surface area contributed by atoms with Gasteiger partial charge in [0.2, 0.25) is 0 Å². The van der Waals surface area contributed by atoms with Crippen LogP contribution in [0.3, 0.4) is 0 Å². The van der Waals surface area contributed by atoms with Gasteiger partial charge in [0.25, 0.3) is 0 Å². The molecule has 0 saturated carbocycles. The smallest absolute Gasteiger partial charge is 0.150 e. The van der Waals surface area contributed by atoms with Gasteiger partial charge in [0.1, 0.15) is 6.29 Å². The fraction of sp³-hybridized carbons (Fsp3) is 0.438. The summed E-state index contributed by atoms with van der Waals surface area (Å²) in [7, 11) is 4.30. The Kier molecular flexibility index (Phi) is 3.67. The third-order valence-corrected chi connectivity index (χ3v) is 4.22. The van der Waals surface area contributed by atoms with Gasteiger partial charge in [0, 0.05) is 11.1 Å². The number of hydrogen-bond acceptors (Lipinski definition) is 2. The van der Waals surface area contributed by atoms with Gasteiger partial charge in [0.05, 0.1) is 0 Å². The van der Waals surface area contributed by atoms with Gasteiger partial charge in [-0.15, -0.1) is 0 Å². The molecule has 2 heteroatoms. The van der Waals surface area contributed by atoms with Crippen molar-refractivity contribution < 1.29 is 4.79 Å². The number of rotatable bonds is 3. The van der Waals surface area contributed by atoms with Crippen molar-refractivity contribution in [2.24, 2.45) is 0 Å². The van der Waals surface area contributed by atoms with Gasteiger partial charge in [0.15, 0.2) is 0 Å². The minimum Gasteiger partial charge on any atom is -0.304 e. The third-order valence-electron chi connectivity index (χ3n) is 4.22. The number of nitrogens with zero attached hydrogens (tertiary/aromatic N) is 1. The predicted molar refractivity (Wildman–Crippen MR) is 75.7 cm³/mol. The van der Waals surface area contributed by atoms with Crippen molar-refractivity contribution in [1.29, 1.82) is 0 Å². The molecule has 96 valence electrons. The fourth-order valence-electron chi connectivity index (χ4n) is 2.40. The van der Waals surface area contributed by atoms with Crippen LogP contribution in [0.4, 0.5) is 0 Å². The number of hydrogen-bond donors (Lipinski definition) is 0. The minimum absolute atomic E-state index is 0.284. The molecule has 1 aromatic carbocycles. The third kappa shape index (κ3) is 2.54. The summed E-state index contributed by atoms with van der Waals surface area (Å²) >= 11 is 0. The van der Waals surface area contributed by atoms with Crippen LogP contribution in [0.15, 0.2) is 30.3 Å². The van der Waals surface area contributed by atoms with Crippen LogP contribution in [0.25, 0.3) is 5.57 Å². The molecule has 1 atom stereocenters. The molecule has 0 aliphatic heterocycles. The summed E-state index contributed by atoms with van der Waals surface area (Å²) in [6.45, 7) is 2.32. The maximum atomic E-state index is 10.6. The molecule has 1 aliphatic rings. The Bertz CT molecular complexity index is 458.